The third-order valence-electron chi connectivity index (χ3n) is 3.63. The second-order valence-electron chi connectivity index (χ2n) is 5.67. The van der Waals surface area contributed by atoms with Crippen molar-refractivity contribution in [1.29, 1.82) is 0 Å². The SMILES string of the molecule is CCOP(=O)(NC(CN1CCCCC1)C(C)C)OCC. The van der Waals surface area contributed by atoms with Crippen molar-refractivity contribution in [3.63, 3.8) is 0 Å². The van der Waals surface area contributed by atoms with Gasteiger partial charge in [-0.3, -0.25) is 9.05 Å². The summed E-state index contributed by atoms with van der Waals surface area (Å²) >= 11 is 0. The molecular formula is C14H31N2O3P. The first-order chi connectivity index (χ1) is 9.50. The van der Waals surface area contributed by atoms with E-state index in [1.807, 2.05) is 13.8 Å². The summed E-state index contributed by atoms with van der Waals surface area (Å²) in [5.74, 6) is 0.381. The van der Waals surface area contributed by atoms with Gasteiger partial charge in [-0.25, -0.2) is 9.65 Å². The van der Waals surface area contributed by atoms with Crippen molar-refractivity contribution in [2.45, 2.75) is 53.0 Å². The molecule has 5 nitrogen and oxygen atoms in total. The lowest BCUT2D eigenvalue weighted by atomic mass is 10.0. The van der Waals surface area contributed by atoms with Crippen LogP contribution in [-0.2, 0) is 13.6 Å². The molecule has 0 aromatic heterocycles. The Morgan fingerprint density at radius 2 is 1.65 bits per heavy atom. The van der Waals surface area contributed by atoms with Gasteiger partial charge >= 0.3 is 7.75 Å². The molecule has 120 valence electrons. The van der Waals surface area contributed by atoms with Crippen LogP contribution in [0.4, 0.5) is 0 Å². The first kappa shape index (κ1) is 18.1. The van der Waals surface area contributed by atoms with E-state index in [1.54, 1.807) is 0 Å². The molecule has 1 heterocycles. The van der Waals surface area contributed by atoms with E-state index in [9.17, 15) is 4.57 Å². The molecule has 6 heteroatoms. The third kappa shape index (κ3) is 6.23. The lowest BCUT2D eigenvalue weighted by molar-refractivity contribution is 0.173. The van der Waals surface area contributed by atoms with E-state index in [0.717, 1.165) is 19.6 Å². The molecule has 20 heavy (non-hydrogen) atoms. The molecule has 1 aliphatic rings. The predicted octanol–water partition coefficient (Wildman–Crippen LogP) is 3.27. The Hall–Kier alpha value is 0.0700. The smallest absolute Gasteiger partial charge is 0.302 e. The lowest BCUT2D eigenvalue weighted by Crippen LogP contribution is -2.45. The summed E-state index contributed by atoms with van der Waals surface area (Å²) in [5.41, 5.74) is 0. The van der Waals surface area contributed by atoms with Gasteiger partial charge in [-0.2, -0.15) is 0 Å². The molecule has 0 aromatic rings. The molecule has 0 radical (unpaired) electrons. The second-order valence-corrected chi connectivity index (χ2v) is 7.44. The summed E-state index contributed by atoms with van der Waals surface area (Å²) in [6, 6.07) is 0.122. The van der Waals surface area contributed by atoms with Crippen molar-refractivity contribution in [3.8, 4) is 0 Å². The highest BCUT2D eigenvalue weighted by Gasteiger charge is 2.30. The Morgan fingerprint density at radius 1 is 1.10 bits per heavy atom. The van der Waals surface area contributed by atoms with Gasteiger partial charge in [0.2, 0.25) is 0 Å². The first-order valence-electron chi connectivity index (χ1n) is 7.90. The van der Waals surface area contributed by atoms with Gasteiger partial charge in [-0.15, -0.1) is 0 Å². The second kappa shape index (κ2) is 9.16. The molecule has 1 rings (SSSR count). The van der Waals surface area contributed by atoms with Gasteiger partial charge in [-0.05, 0) is 45.7 Å². The van der Waals surface area contributed by atoms with Crippen molar-refractivity contribution < 1.29 is 13.6 Å². The van der Waals surface area contributed by atoms with Crippen LogP contribution in [0, 0.1) is 5.92 Å². The Kier molecular flexibility index (Phi) is 8.30. The summed E-state index contributed by atoms with van der Waals surface area (Å²) in [7, 11) is -3.17. The average Bonchev–Trinajstić information content (AvgIpc) is 2.39. The maximum absolute atomic E-state index is 12.6. The van der Waals surface area contributed by atoms with Crippen LogP contribution in [-0.4, -0.2) is 43.8 Å². The van der Waals surface area contributed by atoms with Crippen LogP contribution >= 0.6 is 7.75 Å². The molecule has 1 aliphatic heterocycles. The topological polar surface area (TPSA) is 50.8 Å². The number of hydrogen-bond donors (Lipinski definition) is 1. The fourth-order valence-electron chi connectivity index (χ4n) is 2.48. The number of hydrogen-bond acceptors (Lipinski definition) is 4. The highest BCUT2D eigenvalue weighted by atomic mass is 31.2. The largest absolute Gasteiger partial charge is 0.405 e. The normalized spacial score (nSPS) is 19.4. The number of rotatable bonds is 9. The summed E-state index contributed by atoms with van der Waals surface area (Å²) in [6.07, 6.45) is 3.85. The summed E-state index contributed by atoms with van der Waals surface area (Å²) in [5, 5.41) is 3.15. The molecule has 1 saturated heterocycles. The summed E-state index contributed by atoms with van der Waals surface area (Å²) < 4.78 is 23.3. The number of piperidine rings is 1. The van der Waals surface area contributed by atoms with E-state index in [1.165, 1.54) is 19.3 Å². The van der Waals surface area contributed by atoms with Gasteiger partial charge in [0.05, 0.1) is 13.2 Å². The molecule has 0 amide bonds. The molecule has 1 N–H and O–H groups in total. The zero-order chi connectivity index (χ0) is 15.0. The fraction of sp³-hybridized carbons (Fsp3) is 1.00. The zero-order valence-corrected chi connectivity index (χ0v) is 14.3. The summed E-state index contributed by atoms with van der Waals surface area (Å²) in [6.45, 7) is 11.9. The molecule has 0 aromatic carbocycles. The Morgan fingerprint density at radius 3 is 2.10 bits per heavy atom. The summed E-state index contributed by atoms with van der Waals surface area (Å²) in [4.78, 5) is 2.45. The molecule has 0 spiro atoms. The zero-order valence-electron chi connectivity index (χ0n) is 13.4. The van der Waals surface area contributed by atoms with Gasteiger partial charge in [0.15, 0.2) is 0 Å². The van der Waals surface area contributed by atoms with E-state index in [4.69, 9.17) is 9.05 Å². The predicted molar refractivity (Wildman–Crippen MR) is 82.9 cm³/mol. The van der Waals surface area contributed by atoms with E-state index in [2.05, 4.69) is 23.8 Å². The van der Waals surface area contributed by atoms with E-state index in [0.29, 0.717) is 19.1 Å². The monoisotopic (exact) mass is 306 g/mol. The molecule has 0 bridgehead atoms. The van der Waals surface area contributed by atoms with Crippen molar-refractivity contribution in [3.05, 3.63) is 0 Å². The van der Waals surface area contributed by atoms with Crippen LogP contribution in [0.3, 0.4) is 0 Å². The Balaban J connectivity index is 2.61. The van der Waals surface area contributed by atoms with Crippen LogP contribution in [0.1, 0.15) is 47.0 Å². The van der Waals surface area contributed by atoms with Crippen LogP contribution in [0.5, 0.6) is 0 Å². The fourth-order valence-corrected chi connectivity index (χ4v) is 4.17. The minimum atomic E-state index is -3.17. The van der Waals surface area contributed by atoms with Crippen LogP contribution in [0.25, 0.3) is 0 Å². The van der Waals surface area contributed by atoms with Gasteiger partial charge in [0.1, 0.15) is 0 Å². The van der Waals surface area contributed by atoms with Crippen molar-refractivity contribution in [2.75, 3.05) is 32.8 Å². The highest BCUT2D eigenvalue weighted by Crippen LogP contribution is 2.44. The number of likely N-dealkylation sites (tertiary alicyclic amines) is 1. The van der Waals surface area contributed by atoms with Gasteiger partial charge in [0.25, 0.3) is 0 Å². The molecule has 1 fully saturated rings. The van der Waals surface area contributed by atoms with Gasteiger partial charge in [-0.1, -0.05) is 20.3 Å². The molecule has 0 aliphatic carbocycles. The number of nitrogens with zero attached hydrogens (tertiary/aromatic N) is 1. The first-order valence-corrected chi connectivity index (χ1v) is 9.44. The molecule has 1 atom stereocenters. The molecular weight excluding hydrogens is 275 g/mol. The minimum absolute atomic E-state index is 0.122. The number of nitrogens with one attached hydrogen (secondary N) is 1. The van der Waals surface area contributed by atoms with E-state index in [-0.39, 0.29) is 6.04 Å². The quantitative estimate of drug-likeness (QED) is 0.663. The van der Waals surface area contributed by atoms with Crippen molar-refractivity contribution in [2.24, 2.45) is 5.92 Å². The minimum Gasteiger partial charge on any atom is -0.302 e. The van der Waals surface area contributed by atoms with E-state index < -0.39 is 7.75 Å². The Labute approximate surface area is 124 Å². The maximum Gasteiger partial charge on any atom is 0.405 e. The van der Waals surface area contributed by atoms with Crippen molar-refractivity contribution in [1.82, 2.24) is 9.99 Å². The van der Waals surface area contributed by atoms with Crippen LogP contribution < -0.4 is 5.09 Å². The van der Waals surface area contributed by atoms with Gasteiger partial charge in [0, 0.05) is 12.6 Å². The van der Waals surface area contributed by atoms with Crippen molar-refractivity contribution >= 4 is 7.75 Å². The Bertz CT molecular complexity index is 297. The van der Waals surface area contributed by atoms with Gasteiger partial charge < -0.3 is 4.90 Å². The lowest BCUT2D eigenvalue weighted by Gasteiger charge is -2.34. The average molecular weight is 306 g/mol. The van der Waals surface area contributed by atoms with Crippen LogP contribution in [0.15, 0.2) is 0 Å². The van der Waals surface area contributed by atoms with E-state index >= 15 is 0 Å². The molecule has 1 unspecified atom stereocenters. The highest BCUT2D eigenvalue weighted by molar-refractivity contribution is 7.51. The van der Waals surface area contributed by atoms with Crippen LogP contribution in [0.2, 0.25) is 0 Å². The standard InChI is InChI=1S/C14H31N2O3P/c1-5-18-20(17,19-6-2)15-14(13(3)4)12-16-10-8-7-9-11-16/h13-14H,5-12H2,1-4H3,(H,15,17). The third-order valence-corrected chi connectivity index (χ3v) is 5.47. The maximum atomic E-state index is 12.6. The molecule has 0 saturated carbocycles.